The molecule has 2 nitrogen and oxygen atoms in total. The van der Waals surface area contributed by atoms with Gasteiger partial charge >= 0.3 is 0 Å². The molecule has 2 aromatic rings. The van der Waals surface area contributed by atoms with Gasteiger partial charge in [0.05, 0.1) is 18.2 Å². The van der Waals surface area contributed by atoms with Crippen molar-refractivity contribution in [3.8, 4) is 5.75 Å². The zero-order valence-electron chi connectivity index (χ0n) is 10.5. The molecule has 2 rings (SSSR count). The van der Waals surface area contributed by atoms with Gasteiger partial charge in [0.25, 0.3) is 0 Å². The summed E-state index contributed by atoms with van der Waals surface area (Å²) in [6, 6.07) is 9.53. The van der Waals surface area contributed by atoms with Gasteiger partial charge in [-0.05, 0) is 37.3 Å². The van der Waals surface area contributed by atoms with Gasteiger partial charge in [0.15, 0.2) is 5.78 Å². The minimum absolute atomic E-state index is 0.0522. The molecule has 0 heterocycles. The molecule has 0 unspecified atom stereocenters. The van der Waals surface area contributed by atoms with Crippen LogP contribution in [-0.4, -0.2) is 12.9 Å². The molecule has 2 aromatic carbocycles. The van der Waals surface area contributed by atoms with Gasteiger partial charge in [-0.25, -0.2) is 4.39 Å². The van der Waals surface area contributed by atoms with E-state index < -0.39 is 5.82 Å². The third kappa shape index (κ3) is 2.84. The van der Waals surface area contributed by atoms with Crippen LogP contribution in [0.1, 0.15) is 21.5 Å². The fourth-order valence-electron chi connectivity index (χ4n) is 1.82. The molecule has 0 aliphatic heterocycles. The maximum atomic E-state index is 13.8. The molecule has 0 saturated carbocycles. The largest absolute Gasteiger partial charge is 0.496 e. The van der Waals surface area contributed by atoms with Gasteiger partial charge in [-0.15, -0.1) is 0 Å². The van der Waals surface area contributed by atoms with Gasteiger partial charge in [0.2, 0.25) is 0 Å². The van der Waals surface area contributed by atoms with Crippen molar-refractivity contribution in [2.75, 3.05) is 7.11 Å². The molecule has 4 heteroatoms. The quantitative estimate of drug-likeness (QED) is 0.794. The highest BCUT2D eigenvalue weighted by Crippen LogP contribution is 2.26. The van der Waals surface area contributed by atoms with Gasteiger partial charge in [-0.1, -0.05) is 27.6 Å². The third-order valence-electron chi connectivity index (χ3n) is 2.77. The van der Waals surface area contributed by atoms with Crippen LogP contribution in [0.3, 0.4) is 0 Å². The van der Waals surface area contributed by atoms with Gasteiger partial charge in [0, 0.05) is 4.47 Å². The molecule has 0 aliphatic rings. The lowest BCUT2D eigenvalue weighted by molar-refractivity contribution is 0.103. The van der Waals surface area contributed by atoms with Gasteiger partial charge in [-0.2, -0.15) is 0 Å². The lowest BCUT2D eigenvalue weighted by Crippen LogP contribution is -2.07. The van der Waals surface area contributed by atoms with Crippen molar-refractivity contribution in [1.82, 2.24) is 0 Å². The summed E-state index contributed by atoms with van der Waals surface area (Å²) in [6.07, 6.45) is 0. The number of carbonyl (C=O) groups is 1. The molecule has 0 fully saturated rings. The smallest absolute Gasteiger partial charge is 0.199 e. The van der Waals surface area contributed by atoms with E-state index in [1.165, 1.54) is 19.2 Å². The maximum Gasteiger partial charge on any atom is 0.199 e. The fourth-order valence-corrected chi connectivity index (χ4v) is 2.18. The van der Waals surface area contributed by atoms with Crippen LogP contribution in [-0.2, 0) is 0 Å². The molecular weight excluding hydrogens is 311 g/mol. The van der Waals surface area contributed by atoms with Crippen molar-refractivity contribution >= 4 is 21.7 Å². The minimum atomic E-state index is -0.530. The molecule has 0 saturated heterocycles. The number of carbonyl (C=O) groups excluding carboxylic acids is 1. The maximum absolute atomic E-state index is 13.8. The number of hydrogen-bond acceptors (Lipinski definition) is 2. The van der Waals surface area contributed by atoms with Crippen LogP contribution in [0.2, 0.25) is 0 Å². The first-order valence-electron chi connectivity index (χ1n) is 5.67. The molecule has 0 aliphatic carbocycles. The van der Waals surface area contributed by atoms with Crippen molar-refractivity contribution in [2.45, 2.75) is 6.92 Å². The van der Waals surface area contributed by atoms with E-state index >= 15 is 0 Å². The Morgan fingerprint density at radius 2 is 1.89 bits per heavy atom. The molecule has 0 spiro atoms. The number of ether oxygens (including phenoxy) is 1. The van der Waals surface area contributed by atoms with Gasteiger partial charge < -0.3 is 4.74 Å². The fraction of sp³-hybridized carbons (Fsp3) is 0.133. The second-order valence-electron chi connectivity index (χ2n) is 4.16. The van der Waals surface area contributed by atoms with Crippen LogP contribution >= 0.6 is 15.9 Å². The Morgan fingerprint density at radius 3 is 2.58 bits per heavy atom. The Kier molecular flexibility index (Phi) is 4.00. The summed E-state index contributed by atoms with van der Waals surface area (Å²) in [7, 11) is 1.48. The average Bonchev–Trinajstić information content (AvgIpc) is 2.40. The Morgan fingerprint density at radius 1 is 1.16 bits per heavy atom. The van der Waals surface area contributed by atoms with E-state index in [4.69, 9.17) is 4.74 Å². The number of rotatable bonds is 3. The second-order valence-corrected chi connectivity index (χ2v) is 5.07. The van der Waals surface area contributed by atoms with E-state index in [1.807, 2.05) is 6.92 Å². The van der Waals surface area contributed by atoms with E-state index in [0.717, 1.165) is 10.0 Å². The van der Waals surface area contributed by atoms with Crippen molar-refractivity contribution in [1.29, 1.82) is 0 Å². The van der Waals surface area contributed by atoms with Crippen molar-refractivity contribution in [2.24, 2.45) is 0 Å². The molecule has 0 amide bonds. The monoisotopic (exact) mass is 322 g/mol. The van der Waals surface area contributed by atoms with E-state index in [9.17, 15) is 9.18 Å². The van der Waals surface area contributed by atoms with Gasteiger partial charge in [0.1, 0.15) is 11.6 Å². The standard InChI is InChI=1S/C15H12BrFO2/c1-9-3-5-13(17)11(7-9)15(18)12-8-10(16)4-6-14(12)19-2/h3-8H,1-2H3. The van der Waals surface area contributed by atoms with E-state index in [0.29, 0.717) is 11.3 Å². The summed E-state index contributed by atoms with van der Waals surface area (Å²) in [4.78, 5) is 12.4. The zero-order chi connectivity index (χ0) is 14.0. The SMILES string of the molecule is COc1ccc(Br)cc1C(=O)c1cc(C)ccc1F. The molecule has 0 bridgehead atoms. The molecule has 0 N–H and O–H groups in total. The number of methoxy groups -OCH3 is 1. The molecule has 0 radical (unpaired) electrons. The van der Waals surface area contributed by atoms with E-state index in [-0.39, 0.29) is 11.3 Å². The number of aryl methyl sites for hydroxylation is 1. The molecule has 0 atom stereocenters. The summed E-state index contributed by atoms with van der Waals surface area (Å²) >= 11 is 3.30. The topological polar surface area (TPSA) is 26.3 Å². The number of hydrogen-bond donors (Lipinski definition) is 0. The molecular formula is C15H12BrFO2. The number of benzene rings is 2. The summed E-state index contributed by atoms with van der Waals surface area (Å²) in [5.74, 6) is -0.494. The van der Waals surface area contributed by atoms with Crippen LogP contribution in [0.25, 0.3) is 0 Å². The highest BCUT2D eigenvalue weighted by atomic mass is 79.9. The first kappa shape index (κ1) is 13.7. The predicted octanol–water partition coefficient (Wildman–Crippen LogP) is 4.14. The Balaban J connectivity index is 2.55. The summed E-state index contributed by atoms with van der Waals surface area (Å²) in [6.45, 7) is 1.81. The average molecular weight is 323 g/mol. The number of halogens is 2. The highest BCUT2D eigenvalue weighted by Gasteiger charge is 2.18. The van der Waals surface area contributed by atoms with Crippen LogP contribution < -0.4 is 4.74 Å². The third-order valence-corrected chi connectivity index (χ3v) is 3.27. The van der Waals surface area contributed by atoms with Crippen LogP contribution in [0.5, 0.6) is 5.75 Å². The zero-order valence-corrected chi connectivity index (χ0v) is 12.1. The molecule has 19 heavy (non-hydrogen) atoms. The first-order valence-corrected chi connectivity index (χ1v) is 6.46. The van der Waals surface area contributed by atoms with E-state index in [2.05, 4.69) is 15.9 Å². The predicted molar refractivity (Wildman–Crippen MR) is 75.3 cm³/mol. The van der Waals surface area contributed by atoms with Crippen LogP contribution in [0, 0.1) is 12.7 Å². The summed E-state index contributed by atoms with van der Waals surface area (Å²) in [5, 5.41) is 0. The summed E-state index contributed by atoms with van der Waals surface area (Å²) < 4.78 is 19.7. The molecule has 98 valence electrons. The first-order chi connectivity index (χ1) is 9.02. The Hall–Kier alpha value is -1.68. The Bertz CT molecular complexity index is 638. The normalized spacial score (nSPS) is 10.3. The van der Waals surface area contributed by atoms with Crippen molar-refractivity contribution in [3.05, 3.63) is 63.4 Å². The van der Waals surface area contributed by atoms with E-state index in [1.54, 1.807) is 24.3 Å². The minimum Gasteiger partial charge on any atom is -0.496 e. The second kappa shape index (κ2) is 5.53. The number of ketones is 1. The molecule has 0 aromatic heterocycles. The van der Waals surface area contributed by atoms with Crippen molar-refractivity contribution < 1.29 is 13.9 Å². The van der Waals surface area contributed by atoms with Gasteiger partial charge in [-0.3, -0.25) is 4.79 Å². The lowest BCUT2D eigenvalue weighted by Gasteiger charge is -2.09. The van der Waals surface area contributed by atoms with Crippen molar-refractivity contribution in [3.63, 3.8) is 0 Å². The Labute approximate surface area is 119 Å². The summed E-state index contributed by atoms with van der Waals surface area (Å²) in [5.41, 5.74) is 1.22. The lowest BCUT2D eigenvalue weighted by atomic mass is 10.0. The van der Waals surface area contributed by atoms with Crippen LogP contribution in [0.15, 0.2) is 40.9 Å². The van der Waals surface area contributed by atoms with Crippen LogP contribution in [0.4, 0.5) is 4.39 Å². The highest BCUT2D eigenvalue weighted by molar-refractivity contribution is 9.10.